The lowest BCUT2D eigenvalue weighted by molar-refractivity contribution is 0.289. The number of hydrogen-bond donors (Lipinski definition) is 1. The van der Waals surface area contributed by atoms with Crippen molar-refractivity contribution >= 4 is 0 Å². The first-order valence-electron chi connectivity index (χ1n) is 6.32. The van der Waals surface area contributed by atoms with E-state index in [9.17, 15) is 4.39 Å². The number of halogens is 1. The van der Waals surface area contributed by atoms with Crippen molar-refractivity contribution in [2.24, 2.45) is 0 Å². The molecular weight excluding hydrogens is 215 g/mol. The second-order valence-electron chi connectivity index (χ2n) is 5.08. The second-order valence-corrected chi connectivity index (χ2v) is 5.08. The molecule has 0 radical (unpaired) electrons. The third-order valence-corrected chi connectivity index (χ3v) is 3.34. The van der Waals surface area contributed by atoms with E-state index in [4.69, 9.17) is 0 Å². The van der Waals surface area contributed by atoms with Crippen LogP contribution in [0.15, 0.2) is 18.2 Å². The van der Waals surface area contributed by atoms with Crippen molar-refractivity contribution in [1.29, 1.82) is 0 Å². The Balaban J connectivity index is 1.92. The Morgan fingerprint density at radius 2 is 2.29 bits per heavy atom. The minimum Gasteiger partial charge on any atom is -0.313 e. The molecule has 17 heavy (non-hydrogen) atoms. The molecule has 0 aromatic heterocycles. The molecule has 1 heterocycles. The van der Waals surface area contributed by atoms with Crippen molar-refractivity contribution in [3.05, 3.63) is 35.1 Å². The van der Waals surface area contributed by atoms with Crippen LogP contribution in [0.1, 0.15) is 24.0 Å². The Morgan fingerprint density at radius 3 is 3.00 bits per heavy atom. The van der Waals surface area contributed by atoms with Crippen molar-refractivity contribution < 1.29 is 4.39 Å². The minimum atomic E-state index is -0.0955. The summed E-state index contributed by atoms with van der Waals surface area (Å²) in [5.74, 6) is -0.0955. The smallest absolute Gasteiger partial charge is 0.127 e. The van der Waals surface area contributed by atoms with Crippen molar-refractivity contribution in [1.82, 2.24) is 10.2 Å². The van der Waals surface area contributed by atoms with E-state index in [2.05, 4.69) is 17.3 Å². The van der Waals surface area contributed by atoms with Crippen LogP contribution in [0.3, 0.4) is 0 Å². The number of nitrogens with one attached hydrogen (secondary N) is 1. The van der Waals surface area contributed by atoms with Crippen LogP contribution in [0.4, 0.5) is 4.39 Å². The van der Waals surface area contributed by atoms with Crippen molar-refractivity contribution in [3.8, 4) is 0 Å². The van der Waals surface area contributed by atoms with Crippen molar-refractivity contribution in [2.75, 3.05) is 20.1 Å². The van der Waals surface area contributed by atoms with E-state index in [-0.39, 0.29) is 5.82 Å². The van der Waals surface area contributed by atoms with Gasteiger partial charge in [-0.05, 0) is 39.4 Å². The van der Waals surface area contributed by atoms with Gasteiger partial charge in [-0.3, -0.25) is 0 Å². The maximum atomic E-state index is 13.6. The van der Waals surface area contributed by atoms with Gasteiger partial charge in [-0.15, -0.1) is 0 Å². The Labute approximate surface area is 103 Å². The number of nitrogens with zero attached hydrogens (tertiary/aromatic N) is 1. The molecule has 1 unspecified atom stereocenters. The van der Waals surface area contributed by atoms with Crippen molar-refractivity contribution in [2.45, 2.75) is 32.4 Å². The molecule has 2 rings (SSSR count). The molecule has 0 spiro atoms. The first-order chi connectivity index (χ1) is 8.15. The lowest BCUT2D eigenvalue weighted by Crippen LogP contribution is -2.35. The summed E-state index contributed by atoms with van der Waals surface area (Å²) in [5, 5.41) is 3.46. The SMILES string of the molecule is Cc1ccc(F)c(CN(C)CC2CCCN2)c1. The topological polar surface area (TPSA) is 15.3 Å². The van der Waals surface area contributed by atoms with Crippen molar-refractivity contribution in [3.63, 3.8) is 0 Å². The van der Waals surface area contributed by atoms with Gasteiger partial charge < -0.3 is 10.2 Å². The Bertz CT molecular complexity index is 372. The van der Waals surface area contributed by atoms with E-state index < -0.39 is 0 Å². The molecule has 1 N–H and O–H groups in total. The Morgan fingerprint density at radius 1 is 1.47 bits per heavy atom. The van der Waals surface area contributed by atoms with Gasteiger partial charge in [0.2, 0.25) is 0 Å². The van der Waals surface area contributed by atoms with Crippen LogP contribution in [0.5, 0.6) is 0 Å². The summed E-state index contributed by atoms with van der Waals surface area (Å²) in [6.45, 7) is 4.80. The quantitative estimate of drug-likeness (QED) is 0.863. The molecule has 0 saturated carbocycles. The van der Waals surface area contributed by atoms with Crippen LogP contribution in [0.25, 0.3) is 0 Å². The highest BCUT2D eigenvalue weighted by Crippen LogP contribution is 2.13. The highest BCUT2D eigenvalue weighted by Gasteiger charge is 2.16. The molecule has 3 heteroatoms. The molecule has 1 atom stereocenters. The molecule has 2 nitrogen and oxygen atoms in total. The highest BCUT2D eigenvalue weighted by molar-refractivity contribution is 5.23. The monoisotopic (exact) mass is 236 g/mol. The predicted molar refractivity (Wildman–Crippen MR) is 68.5 cm³/mol. The van der Waals surface area contributed by atoms with Crippen LogP contribution < -0.4 is 5.32 Å². The van der Waals surface area contributed by atoms with Gasteiger partial charge in [-0.1, -0.05) is 17.7 Å². The number of likely N-dealkylation sites (N-methyl/N-ethyl adjacent to an activating group) is 1. The van der Waals surface area contributed by atoms with E-state index in [1.807, 2.05) is 19.1 Å². The van der Waals surface area contributed by atoms with Crippen LogP contribution in [0.2, 0.25) is 0 Å². The minimum absolute atomic E-state index is 0.0955. The highest BCUT2D eigenvalue weighted by atomic mass is 19.1. The number of benzene rings is 1. The van der Waals surface area contributed by atoms with E-state index in [1.165, 1.54) is 12.8 Å². The molecule has 0 amide bonds. The second kappa shape index (κ2) is 5.61. The zero-order valence-corrected chi connectivity index (χ0v) is 10.7. The molecular formula is C14H21FN2. The zero-order valence-electron chi connectivity index (χ0n) is 10.7. The van der Waals surface area contributed by atoms with E-state index in [1.54, 1.807) is 6.07 Å². The molecule has 0 bridgehead atoms. The molecule has 1 aromatic rings. The van der Waals surface area contributed by atoms with Crippen LogP contribution in [0, 0.1) is 12.7 Å². The molecule has 94 valence electrons. The summed E-state index contributed by atoms with van der Waals surface area (Å²) < 4.78 is 13.6. The number of aryl methyl sites for hydroxylation is 1. The summed E-state index contributed by atoms with van der Waals surface area (Å²) in [6.07, 6.45) is 2.50. The Kier molecular flexibility index (Phi) is 4.13. The van der Waals surface area contributed by atoms with Gasteiger partial charge in [-0.2, -0.15) is 0 Å². The molecule has 1 saturated heterocycles. The molecule has 1 fully saturated rings. The molecule has 0 aliphatic carbocycles. The van der Waals surface area contributed by atoms with Gasteiger partial charge in [0, 0.05) is 24.7 Å². The summed E-state index contributed by atoms with van der Waals surface area (Å²) in [6, 6.07) is 5.89. The van der Waals surface area contributed by atoms with Crippen LogP contribution in [-0.2, 0) is 6.54 Å². The summed E-state index contributed by atoms with van der Waals surface area (Å²) in [7, 11) is 2.06. The van der Waals surface area contributed by atoms with Crippen LogP contribution in [-0.4, -0.2) is 31.1 Å². The summed E-state index contributed by atoms with van der Waals surface area (Å²) in [5.41, 5.74) is 1.92. The average Bonchev–Trinajstić information content (AvgIpc) is 2.76. The fraction of sp³-hybridized carbons (Fsp3) is 0.571. The molecule has 1 aromatic carbocycles. The van der Waals surface area contributed by atoms with E-state index >= 15 is 0 Å². The fourth-order valence-electron chi connectivity index (χ4n) is 2.47. The first kappa shape index (κ1) is 12.5. The lowest BCUT2D eigenvalue weighted by atomic mass is 10.1. The fourth-order valence-corrected chi connectivity index (χ4v) is 2.47. The van der Waals surface area contributed by atoms with Gasteiger partial charge in [0.1, 0.15) is 5.82 Å². The van der Waals surface area contributed by atoms with Gasteiger partial charge in [-0.25, -0.2) is 4.39 Å². The zero-order chi connectivity index (χ0) is 12.3. The molecule has 1 aliphatic rings. The Hall–Kier alpha value is -0.930. The van der Waals surface area contributed by atoms with E-state index in [0.29, 0.717) is 12.6 Å². The largest absolute Gasteiger partial charge is 0.313 e. The van der Waals surface area contributed by atoms with Crippen LogP contribution >= 0.6 is 0 Å². The summed E-state index contributed by atoms with van der Waals surface area (Å²) in [4.78, 5) is 2.20. The normalized spacial score (nSPS) is 20.1. The third-order valence-electron chi connectivity index (χ3n) is 3.34. The van der Waals surface area contributed by atoms with Gasteiger partial charge in [0.15, 0.2) is 0 Å². The molecule has 1 aliphatic heterocycles. The average molecular weight is 236 g/mol. The van der Waals surface area contributed by atoms with E-state index in [0.717, 1.165) is 24.2 Å². The third kappa shape index (κ3) is 3.51. The maximum Gasteiger partial charge on any atom is 0.127 e. The van der Waals surface area contributed by atoms with Gasteiger partial charge >= 0.3 is 0 Å². The van der Waals surface area contributed by atoms with Gasteiger partial charge in [0.25, 0.3) is 0 Å². The summed E-state index contributed by atoms with van der Waals surface area (Å²) >= 11 is 0. The first-order valence-corrected chi connectivity index (χ1v) is 6.32. The standard InChI is InChI=1S/C14H21FN2/c1-11-5-6-14(15)12(8-11)9-17(2)10-13-4-3-7-16-13/h5-6,8,13,16H,3-4,7,9-10H2,1-2H3. The number of hydrogen-bond acceptors (Lipinski definition) is 2. The lowest BCUT2D eigenvalue weighted by Gasteiger charge is -2.21. The maximum absolute atomic E-state index is 13.6. The number of rotatable bonds is 4. The van der Waals surface area contributed by atoms with Gasteiger partial charge in [0.05, 0.1) is 0 Å². The predicted octanol–water partition coefficient (Wildman–Crippen LogP) is 2.32.